The molecule has 0 radical (unpaired) electrons. The van der Waals surface area contributed by atoms with E-state index in [1.807, 2.05) is 19.1 Å². The molecule has 1 aliphatic rings. The van der Waals surface area contributed by atoms with Gasteiger partial charge in [-0.2, -0.15) is 0 Å². The van der Waals surface area contributed by atoms with Crippen LogP contribution in [0.25, 0.3) is 0 Å². The summed E-state index contributed by atoms with van der Waals surface area (Å²) in [6.07, 6.45) is 0. The van der Waals surface area contributed by atoms with Gasteiger partial charge in [0.05, 0.1) is 6.54 Å². The van der Waals surface area contributed by atoms with Crippen molar-refractivity contribution in [2.45, 2.75) is 6.92 Å². The van der Waals surface area contributed by atoms with Gasteiger partial charge in [-0.05, 0) is 19.1 Å². The zero-order chi connectivity index (χ0) is 7.68. The summed E-state index contributed by atoms with van der Waals surface area (Å²) < 4.78 is 5.37. The summed E-state index contributed by atoms with van der Waals surface area (Å²) in [6.45, 7) is 3.71. The number of hydrogen-bond donors (Lipinski definition) is 1. The average molecular weight is 150 g/mol. The van der Waals surface area contributed by atoms with Crippen molar-refractivity contribution in [2.75, 3.05) is 13.1 Å². The molecule has 0 bridgehead atoms. The Balaban J connectivity index is 2.28. The Hall–Kier alpha value is -1.25. The fourth-order valence-corrected chi connectivity index (χ4v) is 1.12. The van der Waals surface area contributed by atoms with Crippen LogP contribution in [0, 0.1) is 6.92 Å². The quantitative estimate of drug-likeness (QED) is 0.646. The number of nitrogens with one attached hydrogen (secondary N) is 1. The SMILES string of the molecule is Cc1ccc(C2=NCCN2)o1. The summed E-state index contributed by atoms with van der Waals surface area (Å²) in [4.78, 5) is 4.23. The highest BCUT2D eigenvalue weighted by atomic mass is 16.3. The maximum atomic E-state index is 5.37. The third kappa shape index (κ3) is 1.13. The molecule has 2 heterocycles. The molecule has 0 unspecified atom stereocenters. The van der Waals surface area contributed by atoms with Crippen molar-refractivity contribution < 1.29 is 4.42 Å². The van der Waals surface area contributed by atoms with Crippen molar-refractivity contribution >= 4 is 5.84 Å². The zero-order valence-corrected chi connectivity index (χ0v) is 6.42. The van der Waals surface area contributed by atoms with Crippen molar-refractivity contribution in [1.82, 2.24) is 5.32 Å². The Morgan fingerprint density at radius 2 is 2.45 bits per heavy atom. The Morgan fingerprint density at radius 3 is 3.00 bits per heavy atom. The number of hydrogen-bond acceptors (Lipinski definition) is 3. The molecule has 0 aliphatic carbocycles. The first kappa shape index (κ1) is 6.46. The van der Waals surface area contributed by atoms with E-state index in [9.17, 15) is 0 Å². The first-order chi connectivity index (χ1) is 5.36. The van der Waals surface area contributed by atoms with Crippen LogP contribution in [0.3, 0.4) is 0 Å². The normalized spacial score (nSPS) is 16.3. The number of amidine groups is 1. The van der Waals surface area contributed by atoms with Crippen LogP contribution >= 0.6 is 0 Å². The lowest BCUT2D eigenvalue weighted by molar-refractivity contribution is 0.523. The van der Waals surface area contributed by atoms with Crippen LogP contribution in [0.4, 0.5) is 0 Å². The van der Waals surface area contributed by atoms with Gasteiger partial charge < -0.3 is 9.73 Å². The monoisotopic (exact) mass is 150 g/mol. The summed E-state index contributed by atoms with van der Waals surface area (Å²) in [6, 6.07) is 3.88. The molecule has 2 rings (SSSR count). The van der Waals surface area contributed by atoms with E-state index in [0.29, 0.717) is 0 Å². The number of furan rings is 1. The minimum Gasteiger partial charge on any atom is -0.458 e. The predicted molar refractivity (Wildman–Crippen MR) is 42.9 cm³/mol. The van der Waals surface area contributed by atoms with E-state index in [-0.39, 0.29) is 0 Å². The molecule has 3 heteroatoms. The summed E-state index contributed by atoms with van der Waals surface area (Å²) in [5.74, 6) is 2.66. The molecular weight excluding hydrogens is 140 g/mol. The van der Waals surface area contributed by atoms with Gasteiger partial charge in [0, 0.05) is 6.54 Å². The standard InChI is InChI=1S/C8H10N2O/c1-6-2-3-7(11-6)8-9-4-5-10-8/h2-3H,4-5H2,1H3,(H,9,10). The van der Waals surface area contributed by atoms with E-state index >= 15 is 0 Å². The third-order valence-electron chi connectivity index (χ3n) is 1.65. The van der Waals surface area contributed by atoms with Gasteiger partial charge in [-0.3, -0.25) is 4.99 Å². The molecule has 0 spiro atoms. The maximum Gasteiger partial charge on any atom is 0.168 e. The molecule has 0 fully saturated rings. The van der Waals surface area contributed by atoms with Gasteiger partial charge in [0.25, 0.3) is 0 Å². The van der Waals surface area contributed by atoms with Crippen LogP contribution in [0.5, 0.6) is 0 Å². The number of rotatable bonds is 1. The van der Waals surface area contributed by atoms with Crippen molar-refractivity contribution in [1.29, 1.82) is 0 Å². The maximum absolute atomic E-state index is 5.37. The second-order valence-electron chi connectivity index (χ2n) is 2.57. The van der Waals surface area contributed by atoms with Crippen molar-refractivity contribution in [3.63, 3.8) is 0 Å². The van der Waals surface area contributed by atoms with Gasteiger partial charge in [0.2, 0.25) is 0 Å². The minimum absolute atomic E-state index is 0.847. The number of aryl methyl sites for hydroxylation is 1. The van der Waals surface area contributed by atoms with Crippen LogP contribution in [0.1, 0.15) is 11.5 Å². The molecule has 1 aromatic heterocycles. The highest BCUT2D eigenvalue weighted by molar-refractivity contribution is 5.97. The number of aliphatic imine (C=N–C) groups is 1. The van der Waals surface area contributed by atoms with Gasteiger partial charge in [-0.25, -0.2) is 0 Å². The Morgan fingerprint density at radius 1 is 1.55 bits per heavy atom. The van der Waals surface area contributed by atoms with Crippen molar-refractivity contribution in [3.05, 3.63) is 23.7 Å². The van der Waals surface area contributed by atoms with E-state index in [4.69, 9.17) is 4.42 Å². The molecular formula is C8H10N2O. The van der Waals surface area contributed by atoms with Crippen LogP contribution in [0.2, 0.25) is 0 Å². The highest BCUT2D eigenvalue weighted by Crippen LogP contribution is 2.07. The Kier molecular flexibility index (Phi) is 1.42. The topological polar surface area (TPSA) is 37.5 Å². The van der Waals surface area contributed by atoms with Gasteiger partial charge in [0.15, 0.2) is 11.6 Å². The first-order valence-electron chi connectivity index (χ1n) is 3.71. The van der Waals surface area contributed by atoms with E-state index in [1.165, 1.54) is 0 Å². The summed E-state index contributed by atoms with van der Waals surface area (Å²) in [7, 11) is 0. The fraction of sp³-hybridized carbons (Fsp3) is 0.375. The van der Waals surface area contributed by atoms with Gasteiger partial charge >= 0.3 is 0 Å². The predicted octanol–water partition coefficient (Wildman–Crippen LogP) is 0.938. The molecule has 3 nitrogen and oxygen atoms in total. The third-order valence-corrected chi connectivity index (χ3v) is 1.65. The summed E-state index contributed by atoms with van der Waals surface area (Å²) >= 11 is 0. The van der Waals surface area contributed by atoms with Crippen molar-refractivity contribution in [2.24, 2.45) is 4.99 Å². The summed E-state index contributed by atoms with van der Waals surface area (Å²) in [5, 5.41) is 3.14. The Labute approximate surface area is 65.1 Å². The van der Waals surface area contributed by atoms with E-state index in [1.54, 1.807) is 0 Å². The molecule has 58 valence electrons. The van der Waals surface area contributed by atoms with Gasteiger partial charge in [-0.15, -0.1) is 0 Å². The van der Waals surface area contributed by atoms with Crippen LogP contribution in [-0.4, -0.2) is 18.9 Å². The molecule has 1 N–H and O–H groups in total. The molecule has 1 aromatic rings. The van der Waals surface area contributed by atoms with Gasteiger partial charge in [0.1, 0.15) is 5.76 Å². The van der Waals surface area contributed by atoms with E-state index in [2.05, 4.69) is 10.3 Å². The van der Waals surface area contributed by atoms with Crippen LogP contribution < -0.4 is 5.32 Å². The molecule has 0 aromatic carbocycles. The smallest absolute Gasteiger partial charge is 0.168 e. The molecule has 0 amide bonds. The van der Waals surface area contributed by atoms with Crippen LogP contribution in [0.15, 0.2) is 21.5 Å². The van der Waals surface area contributed by atoms with E-state index in [0.717, 1.165) is 30.4 Å². The average Bonchev–Trinajstić information content (AvgIpc) is 2.55. The molecule has 0 saturated carbocycles. The van der Waals surface area contributed by atoms with Gasteiger partial charge in [-0.1, -0.05) is 0 Å². The van der Waals surface area contributed by atoms with Crippen molar-refractivity contribution in [3.8, 4) is 0 Å². The fourth-order valence-electron chi connectivity index (χ4n) is 1.12. The molecule has 0 saturated heterocycles. The largest absolute Gasteiger partial charge is 0.458 e. The van der Waals surface area contributed by atoms with E-state index < -0.39 is 0 Å². The second-order valence-corrected chi connectivity index (χ2v) is 2.57. The molecule has 1 aliphatic heterocycles. The lowest BCUT2D eigenvalue weighted by Gasteiger charge is -1.94. The highest BCUT2D eigenvalue weighted by Gasteiger charge is 2.10. The summed E-state index contributed by atoms with van der Waals surface area (Å²) in [5.41, 5.74) is 0. The Bertz CT molecular complexity index is 288. The number of nitrogens with zero attached hydrogens (tertiary/aromatic N) is 1. The molecule has 11 heavy (non-hydrogen) atoms. The lowest BCUT2D eigenvalue weighted by atomic mass is 10.4. The second kappa shape index (κ2) is 2.42. The minimum atomic E-state index is 0.847. The molecule has 0 atom stereocenters. The van der Waals surface area contributed by atoms with Crippen LogP contribution in [-0.2, 0) is 0 Å². The first-order valence-corrected chi connectivity index (χ1v) is 3.71. The lowest BCUT2D eigenvalue weighted by Crippen LogP contribution is -2.18. The zero-order valence-electron chi connectivity index (χ0n) is 6.42.